The quantitative estimate of drug-likeness (QED) is 0.743. The molecule has 21 heavy (non-hydrogen) atoms. The van der Waals surface area contributed by atoms with Gasteiger partial charge in [-0.1, -0.05) is 23.8 Å². The molecule has 1 aromatic heterocycles. The van der Waals surface area contributed by atoms with Crippen molar-refractivity contribution in [3.05, 3.63) is 65.9 Å². The number of rotatable bonds is 3. The Labute approximate surface area is 124 Å². The maximum atomic E-state index is 11.5. The molecular weight excluding hydrogens is 282 g/mol. The Morgan fingerprint density at radius 3 is 2.38 bits per heavy atom. The molecule has 0 spiro atoms. The van der Waals surface area contributed by atoms with Crippen LogP contribution in [0.3, 0.4) is 0 Å². The molecule has 0 saturated carbocycles. The van der Waals surface area contributed by atoms with Crippen LogP contribution in [0.1, 0.15) is 11.1 Å². The minimum absolute atomic E-state index is 0.360. The van der Waals surface area contributed by atoms with Crippen molar-refractivity contribution in [2.24, 2.45) is 0 Å². The first-order valence-electron chi connectivity index (χ1n) is 6.78. The van der Waals surface area contributed by atoms with Gasteiger partial charge in [0.25, 0.3) is 0 Å². The average molecular weight is 299 g/mol. The Hall–Kier alpha value is -2.07. The van der Waals surface area contributed by atoms with E-state index in [4.69, 9.17) is 0 Å². The van der Waals surface area contributed by atoms with Gasteiger partial charge in [0.1, 0.15) is 0 Å². The summed E-state index contributed by atoms with van der Waals surface area (Å²) in [4.78, 5) is 0.360. The minimum Gasteiger partial charge on any atom is -0.343 e. The van der Waals surface area contributed by atoms with Crippen molar-refractivity contribution in [3.8, 4) is 0 Å². The summed E-state index contributed by atoms with van der Waals surface area (Å²) in [6.45, 7) is 2.82. The van der Waals surface area contributed by atoms with Gasteiger partial charge in [0.05, 0.1) is 4.90 Å². The molecule has 0 aliphatic heterocycles. The maximum absolute atomic E-state index is 11.5. The molecule has 0 saturated heterocycles. The highest BCUT2D eigenvalue weighted by Gasteiger charge is 2.07. The number of benzene rings is 2. The second kappa shape index (κ2) is 5.04. The van der Waals surface area contributed by atoms with Gasteiger partial charge in [0.15, 0.2) is 9.84 Å². The van der Waals surface area contributed by atoms with Crippen molar-refractivity contribution in [2.45, 2.75) is 18.4 Å². The summed E-state index contributed by atoms with van der Waals surface area (Å²) in [6.07, 6.45) is 3.29. The van der Waals surface area contributed by atoms with Crippen LogP contribution in [0.5, 0.6) is 0 Å². The fourth-order valence-corrected chi connectivity index (χ4v) is 3.13. The van der Waals surface area contributed by atoms with Crippen molar-refractivity contribution >= 4 is 20.7 Å². The van der Waals surface area contributed by atoms with Gasteiger partial charge in [-0.05, 0) is 48.2 Å². The molecule has 0 atom stereocenters. The van der Waals surface area contributed by atoms with Crippen molar-refractivity contribution < 1.29 is 8.42 Å². The van der Waals surface area contributed by atoms with Crippen LogP contribution >= 0.6 is 0 Å². The van der Waals surface area contributed by atoms with Crippen LogP contribution in [0.4, 0.5) is 0 Å². The number of aromatic nitrogens is 1. The Kier molecular flexibility index (Phi) is 3.33. The molecule has 1 heterocycles. The van der Waals surface area contributed by atoms with Crippen LogP contribution in [-0.2, 0) is 16.4 Å². The topological polar surface area (TPSA) is 39.1 Å². The SMILES string of the molecule is Cc1ccc2c(ccn2Cc2ccc(S(C)(=O)=O)cc2)c1. The molecule has 108 valence electrons. The third kappa shape index (κ3) is 2.85. The van der Waals surface area contributed by atoms with Crippen molar-refractivity contribution in [1.82, 2.24) is 4.57 Å². The zero-order chi connectivity index (χ0) is 15.0. The van der Waals surface area contributed by atoms with Gasteiger partial charge in [0.2, 0.25) is 0 Å². The molecule has 3 aromatic rings. The minimum atomic E-state index is -3.13. The van der Waals surface area contributed by atoms with E-state index in [0.29, 0.717) is 4.90 Å². The fourth-order valence-electron chi connectivity index (χ4n) is 2.50. The third-order valence-electron chi connectivity index (χ3n) is 3.63. The van der Waals surface area contributed by atoms with E-state index in [1.165, 1.54) is 22.7 Å². The van der Waals surface area contributed by atoms with Gasteiger partial charge in [-0.25, -0.2) is 8.42 Å². The molecule has 0 bridgehead atoms. The Morgan fingerprint density at radius 2 is 1.71 bits per heavy atom. The molecule has 0 unspecified atom stereocenters. The van der Waals surface area contributed by atoms with E-state index < -0.39 is 9.84 Å². The van der Waals surface area contributed by atoms with Gasteiger partial charge in [-0.2, -0.15) is 0 Å². The third-order valence-corrected chi connectivity index (χ3v) is 4.76. The molecular formula is C17H17NO2S. The molecule has 0 N–H and O–H groups in total. The Balaban J connectivity index is 1.92. The highest BCUT2D eigenvalue weighted by molar-refractivity contribution is 7.90. The summed E-state index contributed by atoms with van der Waals surface area (Å²) in [5, 5.41) is 1.22. The first-order valence-corrected chi connectivity index (χ1v) is 8.67. The summed E-state index contributed by atoms with van der Waals surface area (Å²) < 4.78 is 25.1. The highest BCUT2D eigenvalue weighted by Crippen LogP contribution is 2.19. The molecule has 3 nitrogen and oxygen atoms in total. The van der Waals surface area contributed by atoms with E-state index in [9.17, 15) is 8.42 Å². The van der Waals surface area contributed by atoms with E-state index in [0.717, 1.165) is 12.1 Å². The second-order valence-electron chi connectivity index (χ2n) is 5.42. The van der Waals surface area contributed by atoms with E-state index in [1.807, 2.05) is 12.1 Å². The number of hydrogen-bond donors (Lipinski definition) is 0. The number of fused-ring (bicyclic) bond motifs is 1. The largest absolute Gasteiger partial charge is 0.343 e. The maximum Gasteiger partial charge on any atom is 0.175 e. The lowest BCUT2D eigenvalue weighted by molar-refractivity contribution is 0.602. The summed E-state index contributed by atoms with van der Waals surface area (Å²) in [5.74, 6) is 0. The van der Waals surface area contributed by atoms with E-state index >= 15 is 0 Å². The summed E-state index contributed by atoms with van der Waals surface area (Å²) in [7, 11) is -3.13. The Bertz CT molecular complexity index is 890. The first kappa shape index (κ1) is 13.9. The smallest absolute Gasteiger partial charge is 0.175 e. The first-order chi connectivity index (χ1) is 9.93. The normalized spacial score (nSPS) is 11.9. The Morgan fingerprint density at radius 1 is 1.00 bits per heavy atom. The van der Waals surface area contributed by atoms with Crippen molar-refractivity contribution in [3.63, 3.8) is 0 Å². The van der Waals surface area contributed by atoms with Gasteiger partial charge in [0, 0.05) is 24.5 Å². The molecule has 0 aliphatic carbocycles. The highest BCUT2D eigenvalue weighted by atomic mass is 32.2. The fraction of sp³-hybridized carbons (Fsp3) is 0.176. The average Bonchev–Trinajstić information content (AvgIpc) is 2.80. The van der Waals surface area contributed by atoms with Crippen LogP contribution in [0.2, 0.25) is 0 Å². The lowest BCUT2D eigenvalue weighted by atomic mass is 10.2. The number of aryl methyl sites for hydroxylation is 1. The summed E-state index contributed by atoms with van der Waals surface area (Å²) in [6, 6.07) is 15.6. The second-order valence-corrected chi connectivity index (χ2v) is 7.44. The van der Waals surface area contributed by atoms with E-state index in [-0.39, 0.29) is 0 Å². The molecule has 4 heteroatoms. The number of sulfone groups is 1. The lowest BCUT2D eigenvalue weighted by Gasteiger charge is -2.07. The number of hydrogen-bond acceptors (Lipinski definition) is 2. The van der Waals surface area contributed by atoms with Gasteiger partial charge in [-0.3, -0.25) is 0 Å². The van der Waals surface area contributed by atoms with E-state index in [1.54, 1.807) is 12.1 Å². The molecule has 0 fully saturated rings. The standard InChI is InChI=1S/C17H17NO2S/c1-13-3-8-17-15(11-13)9-10-18(17)12-14-4-6-16(7-5-14)21(2,19)20/h3-11H,12H2,1-2H3. The van der Waals surface area contributed by atoms with Gasteiger partial charge >= 0.3 is 0 Å². The molecule has 3 rings (SSSR count). The van der Waals surface area contributed by atoms with Gasteiger partial charge < -0.3 is 4.57 Å². The van der Waals surface area contributed by atoms with Crippen LogP contribution in [-0.4, -0.2) is 19.2 Å². The molecule has 2 aromatic carbocycles. The lowest BCUT2D eigenvalue weighted by Crippen LogP contribution is -2.00. The van der Waals surface area contributed by atoms with Crippen LogP contribution in [0.25, 0.3) is 10.9 Å². The van der Waals surface area contributed by atoms with Crippen molar-refractivity contribution in [1.29, 1.82) is 0 Å². The van der Waals surface area contributed by atoms with Gasteiger partial charge in [-0.15, -0.1) is 0 Å². The molecule has 0 radical (unpaired) electrons. The summed E-state index contributed by atoms with van der Waals surface area (Å²) in [5.41, 5.74) is 3.52. The summed E-state index contributed by atoms with van der Waals surface area (Å²) >= 11 is 0. The number of nitrogens with zero attached hydrogens (tertiary/aromatic N) is 1. The zero-order valence-corrected chi connectivity index (χ0v) is 12.9. The predicted octanol–water partition coefficient (Wildman–Crippen LogP) is 3.40. The van der Waals surface area contributed by atoms with Crippen molar-refractivity contribution in [2.75, 3.05) is 6.26 Å². The van der Waals surface area contributed by atoms with Crippen LogP contribution in [0.15, 0.2) is 59.6 Å². The predicted molar refractivity (Wildman–Crippen MR) is 85.3 cm³/mol. The van der Waals surface area contributed by atoms with Crippen LogP contribution in [0, 0.1) is 6.92 Å². The van der Waals surface area contributed by atoms with Crippen LogP contribution < -0.4 is 0 Å². The molecule has 0 aliphatic rings. The monoisotopic (exact) mass is 299 g/mol. The molecule has 0 amide bonds. The zero-order valence-electron chi connectivity index (χ0n) is 12.1. The van der Waals surface area contributed by atoms with E-state index in [2.05, 4.69) is 42.0 Å².